The molecule has 2 heterocycles. The van der Waals surface area contributed by atoms with Crippen molar-refractivity contribution in [3.05, 3.63) is 47.2 Å². The van der Waals surface area contributed by atoms with E-state index in [1.165, 1.54) is 16.7 Å². The summed E-state index contributed by atoms with van der Waals surface area (Å²) in [7, 11) is 2.16. The maximum absolute atomic E-state index is 4.09. The van der Waals surface area contributed by atoms with Crippen LogP contribution in [0.2, 0.25) is 0 Å². The zero-order valence-corrected chi connectivity index (χ0v) is 11.0. The van der Waals surface area contributed by atoms with E-state index in [0.29, 0.717) is 6.04 Å². The van der Waals surface area contributed by atoms with Crippen LogP contribution in [-0.2, 0) is 13.0 Å². The van der Waals surface area contributed by atoms with E-state index in [-0.39, 0.29) is 0 Å². The second kappa shape index (κ2) is 4.75. The van der Waals surface area contributed by atoms with Gasteiger partial charge in [0.25, 0.3) is 0 Å². The Bertz CT molecular complexity index is 467. The van der Waals surface area contributed by atoms with Crippen LogP contribution < -0.4 is 10.6 Å². The van der Waals surface area contributed by atoms with Gasteiger partial charge in [-0.2, -0.15) is 0 Å². The van der Waals surface area contributed by atoms with Gasteiger partial charge in [0, 0.05) is 25.3 Å². The van der Waals surface area contributed by atoms with Crippen LogP contribution in [0, 0.1) is 0 Å². The van der Waals surface area contributed by atoms with Crippen molar-refractivity contribution in [2.45, 2.75) is 19.0 Å². The zero-order chi connectivity index (χ0) is 12.5. The van der Waals surface area contributed by atoms with E-state index in [2.05, 4.69) is 47.4 Å². The number of rotatable bonds is 1. The van der Waals surface area contributed by atoms with Gasteiger partial charge in [-0.1, -0.05) is 24.8 Å². The minimum atomic E-state index is 0.393. The molecule has 1 saturated heterocycles. The first kappa shape index (κ1) is 11.8. The highest BCUT2D eigenvalue weighted by Crippen LogP contribution is 2.27. The number of likely N-dealkylation sites (N-methyl/N-ethyl adjacent to an activating group) is 1. The van der Waals surface area contributed by atoms with E-state index in [1.54, 1.807) is 0 Å². The van der Waals surface area contributed by atoms with Crippen LogP contribution in [0.4, 0.5) is 0 Å². The van der Waals surface area contributed by atoms with E-state index in [1.807, 2.05) is 0 Å². The van der Waals surface area contributed by atoms with Gasteiger partial charge in [0.1, 0.15) is 0 Å². The van der Waals surface area contributed by atoms with Gasteiger partial charge in [-0.15, -0.1) is 0 Å². The molecule has 0 bridgehead atoms. The highest BCUT2D eigenvalue weighted by Gasteiger charge is 2.24. The molecule has 1 unspecified atom stereocenters. The minimum Gasteiger partial charge on any atom is -0.380 e. The molecular formula is C15H21N3. The third kappa shape index (κ3) is 2.16. The highest BCUT2D eigenvalue weighted by molar-refractivity contribution is 5.39. The lowest BCUT2D eigenvalue weighted by molar-refractivity contribution is 0.272. The minimum absolute atomic E-state index is 0.393. The Kier molecular flexibility index (Phi) is 3.10. The van der Waals surface area contributed by atoms with E-state index in [4.69, 9.17) is 0 Å². The van der Waals surface area contributed by atoms with Gasteiger partial charge in [-0.25, -0.2) is 0 Å². The number of nitrogens with one attached hydrogen (secondary N) is 2. The Morgan fingerprint density at radius 2 is 2.28 bits per heavy atom. The predicted octanol–water partition coefficient (Wildman–Crippen LogP) is 1.42. The maximum Gasteiger partial charge on any atom is 0.0641 e. The van der Waals surface area contributed by atoms with Gasteiger partial charge in [0.05, 0.1) is 6.04 Å². The van der Waals surface area contributed by atoms with Gasteiger partial charge in [0.2, 0.25) is 0 Å². The van der Waals surface area contributed by atoms with Crippen LogP contribution in [-0.4, -0.2) is 31.6 Å². The fraction of sp³-hybridized carbons (Fsp3) is 0.467. The highest BCUT2D eigenvalue weighted by atomic mass is 15.2. The van der Waals surface area contributed by atoms with Crippen molar-refractivity contribution in [1.29, 1.82) is 0 Å². The summed E-state index contributed by atoms with van der Waals surface area (Å²) in [6, 6.07) is 7.09. The summed E-state index contributed by atoms with van der Waals surface area (Å²) in [5.41, 5.74) is 5.58. The molecule has 96 valence electrons. The van der Waals surface area contributed by atoms with Crippen molar-refractivity contribution in [2.75, 3.05) is 26.7 Å². The smallest absolute Gasteiger partial charge is 0.0641 e. The first-order chi connectivity index (χ1) is 8.74. The molecule has 0 spiro atoms. The lowest BCUT2D eigenvalue weighted by Gasteiger charge is -2.35. The van der Waals surface area contributed by atoms with Crippen LogP contribution >= 0.6 is 0 Å². The lowest BCUT2D eigenvalue weighted by atomic mass is 9.90. The summed E-state index contributed by atoms with van der Waals surface area (Å²) < 4.78 is 0. The number of piperazine rings is 1. The first-order valence-electron chi connectivity index (χ1n) is 6.68. The van der Waals surface area contributed by atoms with Crippen LogP contribution in [0.3, 0.4) is 0 Å². The molecule has 1 atom stereocenters. The molecule has 2 aliphatic heterocycles. The average molecular weight is 243 g/mol. The number of hydrogen-bond donors (Lipinski definition) is 2. The van der Waals surface area contributed by atoms with Gasteiger partial charge < -0.3 is 10.6 Å². The SMILES string of the molecule is C=C1CN(C)CC(c2cccc3c2CCNC3)N1. The molecule has 0 radical (unpaired) electrons. The largest absolute Gasteiger partial charge is 0.380 e. The summed E-state index contributed by atoms with van der Waals surface area (Å²) in [4.78, 5) is 2.34. The topological polar surface area (TPSA) is 27.3 Å². The van der Waals surface area contributed by atoms with E-state index in [9.17, 15) is 0 Å². The van der Waals surface area contributed by atoms with Crippen LogP contribution in [0.15, 0.2) is 30.5 Å². The molecule has 3 rings (SSSR count). The molecule has 1 aromatic carbocycles. The average Bonchev–Trinajstić information content (AvgIpc) is 2.37. The van der Waals surface area contributed by atoms with Gasteiger partial charge in [-0.3, -0.25) is 4.90 Å². The summed E-state index contributed by atoms with van der Waals surface area (Å²) in [6.45, 7) is 8.19. The maximum atomic E-state index is 4.09. The number of hydrogen-bond acceptors (Lipinski definition) is 3. The first-order valence-corrected chi connectivity index (χ1v) is 6.68. The fourth-order valence-electron chi connectivity index (χ4n) is 3.10. The van der Waals surface area contributed by atoms with Gasteiger partial charge >= 0.3 is 0 Å². The number of nitrogens with zero attached hydrogens (tertiary/aromatic N) is 1. The molecule has 18 heavy (non-hydrogen) atoms. The molecule has 2 N–H and O–H groups in total. The third-order valence-electron chi connectivity index (χ3n) is 3.89. The number of fused-ring (bicyclic) bond motifs is 1. The Labute approximate surface area is 109 Å². The normalized spacial score (nSPS) is 24.5. The predicted molar refractivity (Wildman–Crippen MR) is 74.4 cm³/mol. The van der Waals surface area contributed by atoms with Gasteiger partial charge in [0.15, 0.2) is 0 Å². The second-order valence-corrected chi connectivity index (χ2v) is 5.41. The Morgan fingerprint density at radius 1 is 1.39 bits per heavy atom. The van der Waals surface area contributed by atoms with Crippen molar-refractivity contribution in [3.8, 4) is 0 Å². The lowest BCUT2D eigenvalue weighted by Crippen LogP contribution is -2.42. The molecule has 3 nitrogen and oxygen atoms in total. The molecular weight excluding hydrogens is 222 g/mol. The van der Waals surface area contributed by atoms with E-state index >= 15 is 0 Å². The third-order valence-corrected chi connectivity index (χ3v) is 3.89. The quantitative estimate of drug-likeness (QED) is 0.781. The molecule has 3 heteroatoms. The second-order valence-electron chi connectivity index (χ2n) is 5.41. The fourth-order valence-corrected chi connectivity index (χ4v) is 3.10. The van der Waals surface area contributed by atoms with Crippen LogP contribution in [0.5, 0.6) is 0 Å². The van der Waals surface area contributed by atoms with Gasteiger partial charge in [-0.05, 0) is 36.7 Å². The molecule has 1 fully saturated rings. The molecule has 0 aromatic heterocycles. The molecule has 0 saturated carbocycles. The molecule has 0 amide bonds. The standard InChI is InChI=1S/C15H21N3/c1-11-9-18(2)10-15(17-11)14-5-3-4-12-8-16-7-6-13(12)14/h3-5,15-17H,1,6-10H2,2H3. The van der Waals surface area contributed by atoms with E-state index < -0.39 is 0 Å². The van der Waals surface area contributed by atoms with Crippen molar-refractivity contribution >= 4 is 0 Å². The Balaban J connectivity index is 1.94. The van der Waals surface area contributed by atoms with Crippen molar-refractivity contribution in [3.63, 3.8) is 0 Å². The Hall–Kier alpha value is -1.32. The summed E-state index contributed by atoms with van der Waals surface area (Å²) >= 11 is 0. The van der Waals surface area contributed by atoms with Crippen LogP contribution in [0.1, 0.15) is 22.7 Å². The zero-order valence-electron chi connectivity index (χ0n) is 11.0. The monoisotopic (exact) mass is 243 g/mol. The van der Waals surface area contributed by atoms with Crippen molar-refractivity contribution in [1.82, 2.24) is 15.5 Å². The molecule has 2 aliphatic rings. The summed E-state index contributed by atoms with van der Waals surface area (Å²) in [5, 5.41) is 7.00. The molecule has 0 aliphatic carbocycles. The number of benzene rings is 1. The van der Waals surface area contributed by atoms with Crippen molar-refractivity contribution in [2.24, 2.45) is 0 Å². The van der Waals surface area contributed by atoms with Crippen molar-refractivity contribution < 1.29 is 0 Å². The Morgan fingerprint density at radius 3 is 3.11 bits per heavy atom. The van der Waals surface area contributed by atoms with E-state index in [0.717, 1.165) is 38.3 Å². The summed E-state index contributed by atoms with van der Waals surface area (Å²) in [6.07, 6.45) is 1.14. The summed E-state index contributed by atoms with van der Waals surface area (Å²) in [5.74, 6) is 0. The molecule has 1 aromatic rings. The van der Waals surface area contributed by atoms with Crippen LogP contribution in [0.25, 0.3) is 0 Å².